The minimum atomic E-state index is -5.06. The summed E-state index contributed by atoms with van der Waals surface area (Å²) in [5.41, 5.74) is -0.147. The highest BCUT2D eigenvalue weighted by molar-refractivity contribution is 5.81. The minimum Gasteiger partial charge on any atom is -0.463 e. The fraction of sp³-hybridized carbons (Fsp3) is 0.611. The van der Waals surface area contributed by atoms with E-state index in [1.807, 2.05) is 0 Å². The highest BCUT2D eigenvalue weighted by Gasteiger charge is 2.49. The minimum absolute atomic E-state index is 0.345. The maximum atomic E-state index is 12.3. The number of aromatic nitrogens is 2. The van der Waals surface area contributed by atoms with Crippen molar-refractivity contribution in [3.05, 3.63) is 28.4 Å². The molecule has 1 aromatic rings. The molecule has 0 saturated carbocycles. The summed E-state index contributed by atoms with van der Waals surface area (Å²) in [5, 5.41) is 1.64. The van der Waals surface area contributed by atoms with Crippen LogP contribution < -0.4 is 11.0 Å². The summed E-state index contributed by atoms with van der Waals surface area (Å²) >= 11 is 0. The van der Waals surface area contributed by atoms with Crippen LogP contribution in [0.3, 0.4) is 0 Å². The second-order valence-corrected chi connectivity index (χ2v) is 6.85. The summed E-state index contributed by atoms with van der Waals surface area (Å²) in [7, 11) is 0. The normalized spacial score (nSPS) is 22.9. The summed E-state index contributed by atoms with van der Waals surface area (Å²) in [5.74, 6) is -3.52. The fourth-order valence-corrected chi connectivity index (χ4v) is 2.95. The summed E-state index contributed by atoms with van der Waals surface area (Å²) in [4.78, 5) is 49.7. The van der Waals surface area contributed by atoms with E-state index in [1.54, 1.807) is 12.2 Å². The lowest BCUT2D eigenvalue weighted by atomic mass is 10.1. The molecular weight excluding hydrogens is 443 g/mol. The van der Waals surface area contributed by atoms with Crippen LogP contribution in [0.1, 0.15) is 25.6 Å². The van der Waals surface area contributed by atoms with Gasteiger partial charge in [-0.05, 0) is 12.5 Å². The topological polar surface area (TPSA) is 135 Å². The van der Waals surface area contributed by atoms with E-state index in [0.717, 1.165) is 18.4 Å². The summed E-state index contributed by atoms with van der Waals surface area (Å²) in [6, 6.07) is 0. The van der Waals surface area contributed by atoms with Gasteiger partial charge in [-0.25, -0.2) is 9.78 Å². The molecule has 14 heteroatoms. The first-order chi connectivity index (χ1) is 14.9. The smallest absolute Gasteiger partial charge is 0.463 e. The Hall–Kier alpha value is -3.00. The van der Waals surface area contributed by atoms with Gasteiger partial charge in [-0.1, -0.05) is 0 Å². The van der Waals surface area contributed by atoms with E-state index in [1.165, 1.54) is 12.4 Å². The van der Waals surface area contributed by atoms with Gasteiger partial charge in [0, 0.05) is 32.8 Å². The number of alkyl halides is 3. The molecule has 1 fully saturated rings. The summed E-state index contributed by atoms with van der Waals surface area (Å²) in [6.45, 7) is 2.61. The molecule has 0 aliphatic carbocycles. The van der Waals surface area contributed by atoms with Gasteiger partial charge >= 0.3 is 29.7 Å². The molecule has 0 radical (unpaired) electrons. The van der Waals surface area contributed by atoms with Gasteiger partial charge < -0.3 is 24.3 Å². The number of carbonyl (C=O) groups is 3. The van der Waals surface area contributed by atoms with Crippen LogP contribution in [0.25, 0.3) is 0 Å². The van der Waals surface area contributed by atoms with Crippen molar-refractivity contribution in [2.45, 2.75) is 51.5 Å². The van der Waals surface area contributed by atoms with Crippen molar-refractivity contribution < 1.29 is 46.5 Å². The Morgan fingerprint density at radius 2 is 1.91 bits per heavy atom. The number of carbonyl (C=O) groups excluding carboxylic acids is 3. The van der Waals surface area contributed by atoms with Gasteiger partial charge in [0.05, 0.1) is 6.61 Å². The number of esters is 2. The van der Waals surface area contributed by atoms with Crippen LogP contribution in [0.15, 0.2) is 17.2 Å². The van der Waals surface area contributed by atoms with E-state index in [2.05, 4.69) is 4.98 Å². The Morgan fingerprint density at radius 3 is 2.50 bits per heavy atom. The number of hydrogen-bond donors (Lipinski definition) is 1. The van der Waals surface area contributed by atoms with Crippen LogP contribution in [0.5, 0.6) is 0 Å². The van der Waals surface area contributed by atoms with Gasteiger partial charge in [0.15, 0.2) is 12.3 Å². The highest BCUT2D eigenvalue weighted by atomic mass is 19.4. The van der Waals surface area contributed by atoms with Crippen molar-refractivity contribution in [2.24, 2.45) is 0 Å². The largest absolute Gasteiger partial charge is 0.471 e. The zero-order valence-corrected chi connectivity index (χ0v) is 17.4. The standard InChI is InChI=1S/C18H22F3N3O8/c1-9-6-23-17(28)24(7-9)15-14(29-5-4-22-16(27)18(19,20)21)13(31-11(3)26)12(32-15)8-30-10(2)25/h6-7,12-15H,4-5,8H2,1-3H3,(H,22,27)/t12-,13-,14-,15-/m1/s1. The highest BCUT2D eigenvalue weighted by Crippen LogP contribution is 2.33. The third kappa shape index (κ3) is 6.75. The van der Waals surface area contributed by atoms with Gasteiger partial charge in [0.1, 0.15) is 18.8 Å². The molecule has 2 heterocycles. The number of nitrogens with zero attached hydrogens (tertiary/aromatic N) is 2. The second-order valence-electron chi connectivity index (χ2n) is 6.85. The Morgan fingerprint density at radius 1 is 1.22 bits per heavy atom. The van der Waals surface area contributed by atoms with Gasteiger partial charge in [0.2, 0.25) is 0 Å². The molecule has 0 spiro atoms. The number of halogens is 3. The predicted octanol–water partition coefficient (Wildman–Crippen LogP) is 0.00762. The Kier molecular flexibility index (Phi) is 8.32. The molecule has 4 atom stereocenters. The van der Waals surface area contributed by atoms with Crippen LogP contribution in [-0.4, -0.2) is 71.6 Å². The third-order valence-corrected chi connectivity index (χ3v) is 4.21. The lowest BCUT2D eigenvalue weighted by Crippen LogP contribution is -2.43. The maximum Gasteiger partial charge on any atom is 0.471 e. The SMILES string of the molecule is CC(=O)OC[C@H]1O[C@@H](n2cc(C)cnc2=O)[C@H](OCCNC(=O)C(F)(F)F)[C@@H]1OC(C)=O. The molecular formula is C18H22F3N3O8. The number of hydrogen-bond acceptors (Lipinski definition) is 9. The number of aryl methyl sites for hydroxylation is 1. The average molecular weight is 465 g/mol. The Balaban J connectivity index is 2.26. The Labute approximate surface area is 179 Å². The van der Waals surface area contributed by atoms with Crippen LogP contribution in [0, 0.1) is 6.92 Å². The number of amides is 1. The molecule has 1 aliphatic rings. The lowest BCUT2D eigenvalue weighted by molar-refractivity contribution is -0.174. The molecule has 32 heavy (non-hydrogen) atoms. The lowest BCUT2D eigenvalue weighted by Gasteiger charge is -2.25. The molecule has 1 N–H and O–H groups in total. The molecule has 11 nitrogen and oxygen atoms in total. The number of rotatable bonds is 8. The zero-order valence-electron chi connectivity index (χ0n) is 17.4. The first-order valence-corrected chi connectivity index (χ1v) is 9.37. The van der Waals surface area contributed by atoms with Crippen molar-refractivity contribution in [3.8, 4) is 0 Å². The van der Waals surface area contributed by atoms with E-state index in [0.29, 0.717) is 5.56 Å². The van der Waals surface area contributed by atoms with Crippen molar-refractivity contribution >= 4 is 17.8 Å². The molecule has 1 saturated heterocycles. The van der Waals surface area contributed by atoms with E-state index in [-0.39, 0.29) is 6.61 Å². The van der Waals surface area contributed by atoms with Gasteiger partial charge in [-0.3, -0.25) is 19.0 Å². The van der Waals surface area contributed by atoms with Crippen molar-refractivity contribution in [1.29, 1.82) is 0 Å². The quantitative estimate of drug-likeness (QED) is 0.416. The van der Waals surface area contributed by atoms with E-state index < -0.39 is 67.4 Å². The third-order valence-electron chi connectivity index (χ3n) is 4.21. The van der Waals surface area contributed by atoms with Gasteiger partial charge in [-0.2, -0.15) is 13.2 Å². The predicted molar refractivity (Wildman–Crippen MR) is 98.1 cm³/mol. The van der Waals surface area contributed by atoms with Crippen molar-refractivity contribution in [3.63, 3.8) is 0 Å². The average Bonchev–Trinajstić information content (AvgIpc) is 3.01. The summed E-state index contributed by atoms with van der Waals surface area (Å²) in [6.07, 6.45) is -6.97. The summed E-state index contributed by atoms with van der Waals surface area (Å²) < 4.78 is 59.6. The second kappa shape index (κ2) is 10.5. The maximum absolute atomic E-state index is 12.3. The molecule has 1 aromatic heterocycles. The zero-order chi connectivity index (χ0) is 24.1. The molecule has 0 aromatic carbocycles. The van der Waals surface area contributed by atoms with E-state index >= 15 is 0 Å². The monoisotopic (exact) mass is 465 g/mol. The number of nitrogens with one attached hydrogen (secondary N) is 1. The van der Waals surface area contributed by atoms with Crippen LogP contribution >= 0.6 is 0 Å². The first-order valence-electron chi connectivity index (χ1n) is 9.37. The molecule has 1 amide bonds. The first kappa shape index (κ1) is 25.3. The Bertz CT molecular complexity index is 904. The van der Waals surface area contributed by atoms with Gasteiger partial charge in [-0.15, -0.1) is 0 Å². The molecule has 0 unspecified atom stereocenters. The molecule has 1 aliphatic heterocycles. The van der Waals surface area contributed by atoms with Crippen LogP contribution in [0.4, 0.5) is 13.2 Å². The van der Waals surface area contributed by atoms with Gasteiger partial charge in [0.25, 0.3) is 0 Å². The molecule has 178 valence electrons. The fourth-order valence-electron chi connectivity index (χ4n) is 2.95. The van der Waals surface area contributed by atoms with Crippen LogP contribution in [0.2, 0.25) is 0 Å². The molecule has 0 bridgehead atoms. The van der Waals surface area contributed by atoms with E-state index in [9.17, 15) is 32.3 Å². The molecule has 2 rings (SSSR count). The van der Waals surface area contributed by atoms with E-state index in [4.69, 9.17) is 18.9 Å². The van der Waals surface area contributed by atoms with Crippen LogP contribution in [-0.2, 0) is 33.3 Å². The number of ether oxygens (including phenoxy) is 4. The van der Waals surface area contributed by atoms with Crippen molar-refractivity contribution in [1.82, 2.24) is 14.9 Å². The van der Waals surface area contributed by atoms with Crippen molar-refractivity contribution in [2.75, 3.05) is 19.8 Å².